The largest absolute Gasteiger partial charge is 0.396 e. The standard InChI is InChI=1S/C19H19NO2/c21-13-7-6-12-20-14-17(16-10-4-5-11-18(16)20)19(22)15-8-2-1-3-9-15/h1-5,8-11,14,21H,6-7,12-13H2. The van der Waals surface area contributed by atoms with Gasteiger partial charge in [0.15, 0.2) is 5.78 Å². The fourth-order valence-corrected chi connectivity index (χ4v) is 2.75. The Kier molecular flexibility index (Phi) is 4.35. The van der Waals surface area contributed by atoms with Gasteiger partial charge >= 0.3 is 0 Å². The van der Waals surface area contributed by atoms with Crippen molar-refractivity contribution in [2.75, 3.05) is 6.61 Å². The van der Waals surface area contributed by atoms with Crippen LogP contribution in [0.15, 0.2) is 60.8 Å². The van der Waals surface area contributed by atoms with E-state index in [1.165, 1.54) is 0 Å². The maximum atomic E-state index is 12.8. The lowest BCUT2D eigenvalue weighted by Crippen LogP contribution is -2.01. The van der Waals surface area contributed by atoms with Crippen molar-refractivity contribution < 1.29 is 9.90 Å². The van der Waals surface area contributed by atoms with Crippen LogP contribution in [0.4, 0.5) is 0 Å². The van der Waals surface area contributed by atoms with Gasteiger partial charge in [-0.15, -0.1) is 0 Å². The zero-order valence-electron chi connectivity index (χ0n) is 12.4. The molecule has 1 aromatic heterocycles. The van der Waals surface area contributed by atoms with Crippen LogP contribution in [0.25, 0.3) is 10.9 Å². The van der Waals surface area contributed by atoms with Gasteiger partial charge in [0.2, 0.25) is 0 Å². The van der Waals surface area contributed by atoms with Crippen LogP contribution in [0.2, 0.25) is 0 Å². The number of hydrogen-bond acceptors (Lipinski definition) is 2. The minimum atomic E-state index is 0.0534. The molecule has 0 aliphatic rings. The van der Waals surface area contributed by atoms with Crippen LogP contribution in [-0.4, -0.2) is 22.1 Å². The summed E-state index contributed by atoms with van der Waals surface area (Å²) >= 11 is 0. The van der Waals surface area contributed by atoms with Crippen molar-refractivity contribution in [2.45, 2.75) is 19.4 Å². The number of fused-ring (bicyclic) bond motifs is 1. The van der Waals surface area contributed by atoms with E-state index < -0.39 is 0 Å². The van der Waals surface area contributed by atoms with E-state index in [0.717, 1.165) is 35.9 Å². The summed E-state index contributed by atoms with van der Waals surface area (Å²) in [4.78, 5) is 12.8. The van der Waals surface area contributed by atoms with Gasteiger partial charge in [0.1, 0.15) is 0 Å². The first-order valence-electron chi connectivity index (χ1n) is 7.60. The zero-order valence-corrected chi connectivity index (χ0v) is 12.4. The minimum Gasteiger partial charge on any atom is -0.396 e. The molecule has 3 aromatic rings. The van der Waals surface area contributed by atoms with E-state index in [2.05, 4.69) is 4.57 Å². The highest BCUT2D eigenvalue weighted by atomic mass is 16.2. The van der Waals surface area contributed by atoms with E-state index in [-0.39, 0.29) is 12.4 Å². The second kappa shape index (κ2) is 6.58. The molecule has 1 N–H and O–H groups in total. The molecule has 112 valence electrons. The third kappa shape index (κ3) is 2.81. The number of rotatable bonds is 6. The molecule has 0 aliphatic heterocycles. The Balaban J connectivity index is 2.01. The third-order valence-corrected chi connectivity index (χ3v) is 3.88. The normalized spacial score (nSPS) is 11.0. The monoisotopic (exact) mass is 293 g/mol. The molecule has 0 spiro atoms. The first-order chi connectivity index (χ1) is 10.8. The van der Waals surface area contributed by atoms with E-state index in [1.54, 1.807) is 0 Å². The lowest BCUT2D eigenvalue weighted by molar-refractivity contribution is 0.104. The average molecular weight is 293 g/mol. The molecule has 0 saturated carbocycles. The van der Waals surface area contributed by atoms with Gasteiger partial charge in [-0.25, -0.2) is 0 Å². The van der Waals surface area contributed by atoms with E-state index >= 15 is 0 Å². The molecule has 0 fully saturated rings. The quantitative estimate of drug-likeness (QED) is 0.557. The second-order valence-corrected chi connectivity index (χ2v) is 5.38. The number of carbonyl (C=O) groups excluding carboxylic acids is 1. The molecule has 0 unspecified atom stereocenters. The molecule has 3 nitrogen and oxygen atoms in total. The third-order valence-electron chi connectivity index (χ3n) is 3.88. The molecule has 0 bridgehead atoms. The molecule has 1 heterocycles. The number of aromatic nitrogens is 1. The summed E-state index contributed by atoms with van der Waals surface area (Å²) in [6.07, 6.45) is 3.61. The predicted molar refractivity (Wildman–Crippen MR) is 88.1 cm³/mol. The molecule has 0 radical (unpaired) electrons. The number of nitrogens with zero attached hydrogens (tertiary/aromatic N) is 1. The Morgan fingerprint density at radius 1 is 0.955 bits per heavy atom. The average Bonchev–Trinajstić information content (AvgIpc) is 2.94. The van der Waals surface area contributed by atoms with Crippen molar-refractivity contribution in [3.05, 3.63) is 71.9 Å². The number of ketones is 1. The first kappa shape index (κ1) is 14.5. The fourth-order valence-electron chi connectivity index (χ4n) is 2.75. The highest BCUT2D eigenvalue weighted by Gasteiger charge is 2.16. The minimum absolute atomic E-state index is 0.0534. The van der Waals surface area contributed by atoms with Crippen LogP contribution in [0, 0.1) is 0 Å². The van der Waals surface area contributed by atoms with E-state index in [9.17, 15) is 4.79 Å². The van der Waals surface area contributed by atoms with Crippen LogP contribution >= 0.6 is 0 Å². The number of benzene rings is 2. The maximum absolute atomic E-state index is 12.8. The van der Waals surface area contributed by atoms with Gasteiger partial charge in [0.05, 0.1) is 0 Å². The number of hydrogen-bond donors (Lipinski definition) is 1. The van der Waals surface area contributed by atoms with Gasteiger partial charge in [-0.3, -0.25) is 4.79 Å². The molecule has 0 aliphatic carbocycles. The van der Waals surface area contributed by atoms with Crippen LogP contribution in [0.1, 0.15) is 28.8 Å². The van der Waals surface area contributed by atoms with Crippen molar-refractivity contribution >= 4 is 16.7 Å². The Morgan fingerprint density at radius 2 is 1.68 bits per heavy atom. The smallest absolute Gasteiger partial charge is 0.195 e. The molecule has 0 amide bonds. The number of aliphatic hydroxyl groups excluding tert-OH is 1. The molecule has 22 heavy (non-hydrogen) atoms. The van der Waals surface area contributed by atoms with Crippen molar-refractivity contribution in [2.24, 2.45) is 0 Å². The molecule has 3 rings (SSSR count). The molecular weight excluding hydrogens is 274 g/mol. The van der Waals surface area contributed by atoms with Crippen molar-refractivity contribution in [3.8, 4) is 0 Å². The Morgan fingerprint density at radius 3 is 2.45 bits per heavy atom. The number of aryl methyl sites for hydroxylation is 1. The fraction of sp³-hybridized carbons (Fsp3) is 0.211. The summed E-state index contributed by atoms with van der Waals surface area (Å²) in [6, 6.07) is 17.4. The summed E-state index contributed by atoms with van der Waals surface area (Å²) in [5.74, 6) is 0.0534. The number of para-hydroxylation sites is 1. The second-order valence-electron chi connectivity index (χ2n) is 5.38. The molecule has 3 heteroatoms. The van der Waals surface area contributed by atoms with E-state index in [1.807, 2.05) is 60.8 Å². The first-order valence-corrected chi connectivity index (χ1v) is 7.60. The lowest BCUT2D eigenvalue weighted by atomic mass is 10.0. The predicted octanol–water partition coefficient (Wildman–Crippen LogP) is 3.64. The van der Waals surface area contributed by atoms with Crippen LogP contribution in [-0.2, 0) is 6.54 Å². The van der Waals surface area contributed by atoms with Gasteiger partial charge in [0.25, 0.3) is 0 Å². The SMILES string of the molecule is O=C(c1ccccc1)c1cn(CCCCO)c2ccccc12. The highest BCUT2D eigenvalue weighted by Crippen LogP contribution is 2.24. The molecule has 2 aromatic carbocycles. The summed E-state index contributed by atoms with van der Waals surface area (Å²) < 4.78 is 2.11. The Hall–Kier alpha value is -2.39. The van der Waals surface area contributed by atoms with Crippen molar-refractivity contribution in [3.63, 3.8) is 0 Å². The summed E-state index contributed by atoms with van der Waals surface area (Å²) in [6.45, 7) is 1.01. The Bertz CT molecular complexity index is 774. The van der Waals surface area contributed by atoms with Crippen molar-refractivity contribution in [1.29, 1.82) is 0 Å². The van der Waals surface area contributed by atoms with Gasteiger partial charge in [-0.2, -0.15) is 0 Å². The topological polar surface area (TPSA) is 42.2 Å². The number of unbranched alkanes of at least 4 members (excludes halogenated alkanes) is 1. The number of aliphatic hydroxyl groups is 1. The summed E-state index contributed by atoms with van der Waals surface area (Å²) in [5.41, 5.74) is 2.52. The number of carbonyl (C=O) groups is 1. The summed E-state index contributed by atoms with van der Waals surface area (Å²) in [7, 11) is 0. The highest BCUT2D eigenvalue weighted by molar-refractivity contribution is 6.16. The van der Waals surface area contributed by atoms with E-state index in [0.29, 0.717) is 5.56 Å². The van der Waals surface area contributed by atoms with Crippen molar-refractivity contribution in [1.82, 2.24) is 4.57 Å². The van der Waals surface area contributed by atoms with Crippen LogP contribution in [0.5, 0.6) is 0 Å². The lowest BCUT2D eigenvalue weighted by Gasteiger charge is -2.03. The maximum Gasteiger partial charge on any atom is 0.195 e. The van der Waals surface area contributed by atoms with Crippen LogP contribution < -0.4 is 0 Å². The van der Waals surface area contributed by atoms with E-state index in [4.69, 9.17) is 5.11 Å². The summed E-state index contributed by atoms with van der Waals surface area (Å²) in [5, 5.41) is 9.92. The van der Waals surface area contributed by atoms with Gasteiger partial charge in [-0.05, 0) is 18.9 Å². The Labute approximate surface area is 129 Å². The van der Waals surface area contributed by atoms with Gasteiger partial charge in [-0.1, -0.05) is 48.5 Å². The molecule has 0 saturated heterocycles. The van der Waals surface area contributed by atoms with Crippen LogP contribution in [0.3, 0.4) is 0 Å². The van der Waals surface area contributed by atoms with Gasteiger partial charge in [0, 0.05) is 41.4 Å². The molecular formula is C19H19NO2. The zero-order chi connectivity index (χ0) is 15.4. The molecule has 0 atom stereocenters. The van der Waals surface area contributed by atoms with Gasteiger partial charge < -0.3 is 9.67 Å².